The molecule has 0 unspecified atom stereocenters. The quantitative estimate of drug-likeness (QED) is 0.799. The topological polar surface area (TPSA) is 59.4 Å². The van der Waals surface area contributed by atoms with Gasteiger partial charge in [-0.05, 0) is 32.6 Å². The van der Waals surface area contributed by atoms with Crippen LogP contribution in [-0.2, 0) is 12.8 Å². The maximum absolute atomic E-state index is 11.3. The predicted octanol–water partition coefficient (Wildman–Crippen LogP) is 2.37. The average Bonchev–Trinajstić information content (AvgIpc) is 2.51. The van der Waals surface area contributed by atoms with Gasteiger partial charge in [0.05, 0.1) is 12.8 Å². The summed E-state index contributed by atoms with van der Waals surface area (Å²) in [5.41, 5.74) is 2.78. The van der Waals surface area contributed by atoms with Crippen molar-refractivity contribution in [1.82, 2.24) is 4.98 Å². The number of nitrogens with zero attached hydrogens (tertiary/aromatic N) is 1. The van der Waals surface area contributed by atoms with Crippen molar-refractivity contribution in [3.8, 4) is 5.75 Å². The van der Waals surface area contributed by atoms with Gasteiger partial charge in [0, 0.05) is 11.3 Å². The van der Waals surface area contributed by atoms with Crippen LogP contribution in [0.5, 0.6) is 5.75 Å². The molecule has 1 aliphatic rings. The molecule has 1 aromatic heterocycles. The molecule has 0 saturated heterocycles. The minimum absolute atomic E-state index is 0.216. The fraction of sp³-hybridized carbons (Fsp3) is 0.538. The highest BCUT2D eigenvalue weighted by Gasteiger charge is 2.23. The van der Waals surface area contributed by atoms with Crippen LogP contribution in [0.4, 0.5) is 0 Å². The molecule has 0 amide bonds. The van der Waals surface area contributed by atoms with Crippen molar-refractivity contribution in [2.45, 2.75) is 39.0 Å². The van der Waals surface area contributed by atoms with Crippen LogP contribution in [0.15, 0.2) is 0 Å². The zero-order chi connectivity index (χ0) is 12.4. The van der Waals surface area contributed by atoms with E-state index >= 15 is 0 Å². The molecule has 4 nitrogen and oxygen atoms in total. The van der Waals surface area contributed by atoms with Crippen LogP contribution in [0.25, 0.3) is 0 Å². The Labute approximate surface area is 101 Å². The predicted molar refractivity (Wildman–Crippen MR) is 63.7 cm³/mol. The highest BCUT2D eigenvalue weighted by molar-refractivity contribution is 5.92. The second kappa shape index (κ2) is 4.73. The lowest BCUT2D eigenvalue weighted by molar-refractivity contribution is 0.0691. The first-order valence-corrected chi connectivity index (χ1v) is 5.94. The molecule has 0 spiro atoms. The van der Waals surface area contributed by atoms with Crippen molar-refractivity contribution in [3.05, 3.63) is 22.5 Å². The van der Waals surface area contributed by atoms with E-state index in [1.807, 2.05) is 0 Å². The molecule has 1 aliphatic carbocycles. The van der Waals surface area contributed by atoms with E-state index in [0.29, 0.717) is 11.4 Å². The van der Waals surface area contributed by atoms with Crippen molar-refractivity contribution < 1.29 is 14.6 Å². The first-order valence-electron chi connectivity index (χ1n) is 5.94. The van der Waals surface area contributed by atoms with Crippen LogP contribution in [0.2, 0.25) is 0 Å². The molecule has 92 valence electrons. The number of hydrogen-bond acceptors (Lipinski definition) is 3. The highest BCUT2D eigenvalue weighted by Crippen LogP contribution is 2.32. The molecular weight excluding hydrogens is 218 g/mol. The van der Waals surface area contributed by atoms with E-state index in [0.717, 1.165) is 36.9 Å². The molecule has 0 bridgehead atoms. The van der Waals surface area contributed by atoms with Crippen LogP contribution in [0, 0.1) is 6.92 Å². The number of pyridine rings is 1. The first-order chi connectivity index (χ1) is 8.15. The molecule has 0 fully saturated rings. The van der Waals surface area contributed by atoms with Crippen LogP contribution in [-0.4, -0.2) is 23.2 Å². The van der Waals surface area contributed by atoms with E-state index in [-0.39, 0.29) is 5.56 Å². The van der Waals surface area contributed by atoms with Crippen LogP contribution in [0.1, 0.15) is 46.6 Å². The SMILES string of the molecule is COc1c2c(nc(C)c1C(=O)O)CCCCC2. The zero-order valence-corrected chi connectivity index (χ0v) is 10.2. The Hall–Kier alpha value is -1.58. The third-order valence-corrected chi connectivity index (χ3v) is 3.27. The van der Waals surface area contributed by atoms with E-state index in [4.69, 9.17) is 4.74 Å². The molecule has 1 N–H and O–H groups in total. The van der Waals surface area contributed by atoms with Gasteiger partial charge >= 0.3 is 5.97 Å². The van der Waals surface area contributed by atoms with Gasteiger partial charge in [0.15, 0.2) is 0 Å². The fourth-order valence-corrected chi connectivity index (χ4v) is 2.48. The van der Waals surface area contributed by atoms with E-state index in [1.165, 1.54) is 13.5 Å². The van der Waals surface area contributed by atoms with Crippen molar-refractivity contribution in [1.29, 1.82) is 0 Å². The minimum Gasteiger partial charge on any atom is -0.495 e. The Morgan fingerprint density at radius 1 is 1.29 bits per heavy atom. The monoisotopic (exact) mass is 235 g/mol. The molecule has 0 saturated carbocycles. The number of ether oxygens (including phenoxy) is 1. The lowest BCUT2D eigenvalue weighted by Crippen LogP contribution is -2.11. The van der Waals surface area contributed by atoms with E-state index < -0.39 is 5.97 Å². The third-order valence-electron chi connectivity index (χ3n) is 3.27. The fourth-order valence-electron chi connectivity index (χ4n) is 2.48. The summed E-state index contributed by atoms with van der Waals surface area (Å²) in [5.74, 6) is -0.444. The normalized spacial score (nSPS) is 14.9. The summed E-state index contributed by atoms with van der Waals surface area (Å²) < 4.78 is 5.32. The van der Waals surface area contributed by atoms with Gasteiger partial charge < -0.3 is 9.84 Å². The summed E-state index contributed by atoms with van der Waals surface area (Å²) >= 11 is 0. The molecule has 1 heterocycles. The Bertz CT molecular complexity index is 454. The smallest absolute Gasteiger partial charge is 0.341 e. The third kappa shape index (κ3) is 2.12. The summed E-state index contributed by atoms with van der Waals surface area (Å²) in [4.78, 5) is 15.7. The second-order valence-electron chi connectivity index (χ2n) is 4.40. The Morgan fingerprint density at radius 2 is 2.00 bits per heavy atom. The van der Waals surface area contributed by atoms with Gasteiger partial charge in [-0.15, -0.1) is 0 Å². The van der Waals surface area contributed by atoms with Crippen molar-refractivity contribution in [2.24, 2.45) is 0 Å². The summed E-state index contributed by atoms with van der Waals surface area (Å²) in [6.45, 7) is 1.73. The summed E-state index contributed by atoms with van der Waals surface area (Å²) in [6.07, 6.45) is 5.15. The maximum Gasteiger partial charge on any atom is 0.341 e. The molecule has 0 radical (unpaired) electrons. The summed E-state index contributed by atoms with van der Waals surface area (Å²) in [6, 6.07) is 0. The number of fused-ring (bicyclic) bond motifs is 1. The first kappa shape index (κ1) is 11.9. The Balaban J connectivity index is 2.64. The molecule has 0 atom stereocenters. The molecule has 1 aromatic rings. The second-order valence-corrected chi connectivity index (χ2v) is 4.40. The van der Waals surface area contributed by atoms with Gasteiger partial charge in [-0.2, -0.15) is 0 Å². The molecule has 17 heavy (non-hydrogen) atoms. The Morgan fingerprint density at radius 3 is 2.65 bits per heavy atom. The molecular formula is C13H17NO3. The number of aromatic nitrogens is 1. The van der Waals surface area contributed by atoms with Crippen molar-refractivity contribution in [3.63, 3.8) is 0 Å². The largest absolute Gasteiger partial charge is 0.495 e. The van der Waals surface area contributed by atoms with Crippen LogP contribution in [0.3, 0.4) is 0 Å². The number of carboxylic acid groups (broad SMARTS) is 1. The van der Waals surface area contributed by atoms with Gasteiger partial charge in [0.25, 0.3) is 0 Å². The van der Waals surface area contributed by atoms with E-state index in [9.17, 15) is 9.90 Å². The van der Waals surface area contributed by atoms with Gasteiger partial charge in [-0.25, -0.2) is 4.79 Å². The van der Waals surface area contributed by atoms with Crippen LogP contribution < -0.4 is 4.74 Å². The van der Waals surface area contributed by atoms with Crippen LogP contribution >= 0.6 is 0 Å². The number of carbonyl (C=O) groups is 1. The lowest BCUT2D eigenvalue weighted by Gasteiger charge is -2.15. The van der Waals surface area contributed by atoms with E-state index in [1.54, 1.807) is 6.92 Å². The lowest BCUT2D eigenvalue weighted by atomic mass is 10.0. The highest BCUT2D eigenvalue weighted by atomic mass is 16.5. The van der Waals surface area contributed by atoms with Gasteiger partial charge in [0.1, 0.15) is 11.3 Å². The number of aryl methyl sites for hydroxylation is 2. The van der Waals surface area contributed by atoms with Gasteiger partial charge in [-0.1, -0.05) is 6.42 Å². The van der Waals surface area contributed by atoms with Gasteiger partial charge in [-0.3, -0.25) is 4.98 Å². The van der Waals surface area contributed by atoms with Crippen molar-refractivity contribution in [2.75, 3.05) is 7.11 Å². The Kier molecular flexibility index (Phi) is 3.31. The molecule has 0 aromatic carbocycles. The summed E-state index contributed by atoms with van der Waals surface area (Å²) in [7, 11) is 1.53. The number of hydrogen-bond donors (Lipinski definition) is 1. The van der Waals surface area contributed by atoms with Crippen molar-refractivity contribution >= 4 is 5.97 Å². The molecule has 0 aliphatic heterocycles. The van der Waals surface area contributed by atoms with E-state index in [2.05, 4.69) is 4.98 Å². The number of rotatable bonds is 2. The summed E-state index contributed by atoms with van der Waals surface area (Å²) in [5, 5.41) is 9.23. The number of methoxy groups -OCH3 is 1. The average molecular weight is 235 g/mol. The molecule has 4 heteroatoms. The number of carboxylic acids is 1. The maximum atomic E-state index is 11.3. The molecule has 2 rings (SSSR count). The van der Waals surface area contributed by atoms with Gasteiger partial charge in [0.2, 0.25) is 0 Å². The zero-order valence-electron chi connectivity index (χ0n) is 10.2. The minimum atomic E-state index is -0.959. The standard InChI is InChI=1S/C13H17NO3/c1-8-11(13(15)16)12(17-2)9-6-4-3-5-7-10(9)14-8/h3-7H2,1-2H3,(H,15,16). The number of aromatic carboxylic acids is 1.